The number of nitrogens with one attached hydrogen (secondary N) is 1. The lowest BCUT2D eigenvalue weighted by atomic mass is 10.1. The van der Waals surface area contributed by atoms with Gasteiger partial charge in [-0.25, -0.2) is 13.1 Å². The number of amides is 1. The van der Waals surface area contributed by atoms with Crippen LogP contribution in [0.4, 0.5) is 0 Å². The first kappa shape index (κ1) is 17.9. The van der Waals surface area contributed by atoms with Crippen molar-refractivity contribution in [1.29, 1.82) is 0 Å². The van der Waals surface area contributed by atoms with E-state index >= 15 is 0 Å². The summed E-state index contributed by atoms with van der Waals surface area (Å²) in [6.45, 7) is 0.569. The van der Waals surface area contributed by atoms with E-state index in [1.165, 1.54) is 12.0 Å². The van der Waals surface area contributed by atoms with Crippen molar-refractivity contribution in [2.75, 3.05) is 34.4 Å². The third kappa shape index (κ3) is 4.29. The molecule has 1 heterocycles. The summed E-state index contributed by atoms with van der Waals surface area (Å²) < 4.78 is 37.5. The lowest BCUT2D eigenvalue weighted by Gasteiger charge is -2.17. The van der Waals surface area contributed by atoms with Gasteiger partial charge in [0, 0.05) is 33.3 Å². The molecule has 1 amide bonds. The SMILES string of the molecule is COC1COCC1S(=O)(=O)NCc1ccc(C(=O)N(C)C)cc1. The van der Waals surface area contributed by atoms with Gasteiger partial charge >= 0.3 is 0 Å². The summed E-state index contributed by atoms with van der Waals surface area (Å²) >= 11 is 0. The predicted octanol–water partition coefficient (Wildman–Crippen LogP) is 0.222. The summed E-state index contributed by atoms with van der Waals surface area (Å²) in [5.74, 6) is -0.0943. The fourth-order valence-electron chi connectivity index (χ4n) is 2.34. The van der Waals surface area contributed by atoms with E-state index in [0.29, 0.717) is 5.56 Å². The number of methoxy groups -OCH3 is 1. The van der Waals surface area contributed by atoms with Crippen LogP contribution in [0, 0.1) is 0 Å². The van der Waals surface area contributed by atoms with Crippen LogP contribution in [0.3, 0.4) is 0 Å². The number of nitrogens with zero attached hydrogens (tertiary/aromatic N) is 1. The molecule has 1 aliphatic rings. The molecule has 23 heavy (non-hydrogen) atoms. The molecule has 1 aromatic rings. The Labute approximate surface area is 136 Å². The van der Waals surface area contributed by atoms with Crippen molar-refractivity contribution < 1.29 is 22.7 Å². The third-order valence-corrected chi connectivity index (χ3v) is 5.55. The van der Waals surface area contributed by atoms with Gasteiger partial charge in [-0.05, 0) is 17.7 Å². The normalized spacial score (nSPS) is 21.3. The van der Waals surface area contributed by atoms with Gasteiger partial charge < -0.3 is 14.4 Å². The van der Waals surface area contributed by atoms with Gasteiger partial charge in [0.2, 0.25) is 10.0 Å². The summed E-state index contributed by atoms with van der Waals surface area (Å²) in [5.41, 5.74) is 1.34. The van der Waals surface area contributed by atoms with Gasteiger partial charge in [-0.1, -0.05) is 12.1 Å². The van der Waals surface area contributed by atoms with Crippen LogP contribution in [0.5, 0.6) is 0 Å². The average molecular weight is 342 g/mol. The number of carbonyl (C=O) groups is 1. The van der Waals surface area contributed by atoms with Gasteiger partial charge in [-0.3, -0.25) is 4.79 Å². The van der Waals surface area contributed by atoms with Crippen molar-refractivity contribution in [1.82, 2.24) is 9.62 Å². The Morgan fingerprint density at radius 3 is 2.52 bits per heavy atom. The molecule has 7 nitrogen and oxygen atoms in total. The quantitative estimate of drug-likeness (QED) is 0.799. The highest BCUT2D eigenvalue weighted by molar-refractivity contribution is 7.90. The highest BCUT2D eigenvalue weighted by Gasteiger charge is 2.38. The molecule has 0 bridgehead atoms. The summed E-state index contributed by atoms with van der Waals surface area (Å²) in [6, 6.07) is 6.83. The second kappa shape index (κ2) is 7.39. The molecule has 1 aromatic carbocycles. The van der Waals surface area contributed by atoms with Gasteiger partial charge in [0.1, 0.15) is 11.4 Å². The Bertz CT molecular complexity index is 642. The Morgan fingerprint density at radius 2 is 1.96 bits per heavy atom. The molecule has 0 aromatic heterocycles. The molecule has 2 unspecified atom stereocenters. The maximum Gasteiger partial charge on any atom is 0.253 e. The first-order chi connectivity index (χ1) is 10.8. The number of carbonyl (C=O) groups excluding carboxylic acids is 1. The Balaban J connectivity index is 1.99. The minimum Gasteiger partial charge on any atom is -0.378 e. The summed E-state index contributed by atoms with van der Waals surface area (Å²) in [7, 11) is 1.30. The van der Waals surface area contributed by atoms with Gasteiger partial charge in [0.15, 0.2) is 0 Å². The molecular formula is C15H22N2O5S. The lowest BCUT2D eigenvalue weighted by molar-refractivity contribution is 0.0826. The van der Waals surface area contributed by atoms with Crippen LogP contribution >= 0.6 is 0 Å². The highest BCUT2D eigenvalue weighted by atomic mass is 32.2. The fraction of sp³-hybridized carbons (Fsp3) is 0.533. The van der Waals surface area contributed by atoms with Crippen LogP contribution in [0.2, 0.25) is 0 Å². The van der Waals surface area contributed by atoms with E-state index in [-0.39, 0.29) is 25.7 Å². The number of hydrogen-bond donors (Lipinski definition) is 1. The van der Waals surface area contributed by atoms with E-state index in [1.54, 1.807) is 38.4 Å². The zero-order valence-corrected chi connectivity index (χ0v) is 14.3. The van der Waals surface area contributed by atoms with Crippen LogP contribution in [-0.4, -0.2) is 65.0 Å². The molecule has 8 heteroatoms. The number of sulfonamides is 1. The molecule has 1 N–H and O–H groups in total. The van der Waals surface area contributed by atoms with Crippen molar-refractivity contribution in [3.63, 3.8) is 0 Å². The van der Waals surface area contributed by atoms with E-state index < -0.39 is 21.4 Å². The van der Waals surface area contributed by atoms with E-state index in [2.05, 4.69) is 4.72 Å². The topological polar surface area (TPSA) is 84.9 Å². The Morgan fingerprint density at radius 1 is 1.30 bits per heavy atom. The molecule has 1 aliphatic heterocycles. The molecular weight excluding hydrogens is 320 g/mol. The van der Waals surface area contributed by atoms with Gasteiger partial charge in [0.25, 0.3) is 5.91 Å². The maximum absolute atomic E-state index is 12.3. The van der Waals surface area contributed by atoms with Crippen LogP contribution in [0.1, 0.15) is 15.9 Å². The zero-order valence-electron chi connectivity index (χ0n) is 13.5. The smallest absolute Gasteiger partial charge is 0.253 e. The van der Waals surface area contributed by atoms with E-state index in [4.69, 9.17) is 9.47 Å². The van der Waals surface area contributed by atoms with Crippen molar-refractivity contribution >= 4 is 15.9 Å². The lowest BCUT2D eigenvalue weighted by Crippen LogP contribution is -2.41. The predicted molar refractivity (Wildman–Crippen MR) is 85.6 cm³/mol. The van der Waals surface area contributed by atoms with Crippen LogP contribution in [0.25, 0.3) is 0 Å². The standard InChI is InChI=1S/C15H22N2O5S/c1-17(2)15(18)12-6-4-11(5-7-12)8-16-23(19,20)14-10-22-9-13(14)21-3/h4-7,13-14,16H,8-10H2,1-3H3. The van der Waals surface area contributed by atoms with E-state index in [9.17, 15) is 13.2 Å². The second-order valence-electron chi connectivity index (χ2n) is 5.61. The highest BCUT2D eigenvalue weighted by Crippen LogP contribution is 2.17. The molecule has 2 atom stereocenters. The first-order valence-electron chi connectivity index (χ1n) is 7.24. The summed E-state index contributed by atoms with van der Waals surface area (Å²) in [6.07, 6.45) is -0.451. The molecule has 0 saturated carbocycles. The summed E-state index contributed by atoms with van der Waals surface area (Å²) in [5, 5.41) is -0.706. The van der Waals surface area contributed by atoms with E-state index in [0.717, 1.165) is 5.56 Å². The monoisotopic (exact) mass is 342 g/mol. The van der Waals surface area contributed by atoms with Crippen LogP contribution in [0.15, 0.2) is 24.3 Å². The molecule has 0 spiro atoms. The zero-order chi connectivity index (χ0) is 17.0. The third-order valence-electron chi connectivity index (χ3n) is 3.76. The Hall–Kier alpha value is -1.48. The minimum atomic E-state index is -3.53. The Kier molecular flexibility index (Phi) is 5.74. The first-order valence-corrected chi connectivity index (χ1v) is 8.79. The molecule has 1 fully saturated rings. The second-order valence-corrected chi connectivity index (χ2v) is 7.60. The van der Waals surface area contributed by atoms with Gasteiger partial charge in [-0.2, -0.15) is 0 Å². The molecule has 128 valence electrons. The molecule has 2 rings (SSSR count). The largest absolute Gasteiger partial charge is 0.378 e. The average Bonchev–Trinajstić information content (AvgIpc) is 3.02. The minimum absolute atomic E-state index is 0.0943. The van der Waals surface area contributed by atoms with Crippen molar-refractivity contribution in [3.8, 4) is 0 Å². The summed E-state index contributed by atoms with van der Waals surface area (Å²) in [4.78, 5) is 13.3. The van der Waals surface area contributed by atoms with Crippen molar-refractivity contribution in [2.24, 2.45) is 0 Å². The maximum atomic E-state index is 12.3. The van der Waals surface area contributed by atoms with Crippen molar-refractivity contribution in [2.45, 2.75) is 17.9 Å². The molecule has 1 saturated heterocycles. The number of benzene rings is 1. The number of rotatable bonds is 6. The van der Waals surface area contributed by atoms with E-state index in [1.807, 2.05) is 0 Å². The van der Waals surface area contributed by atoms with Crippen LogP contribution in [-0.2, 0) is 26.0 Å². The molecule has 0 aliphatic carbocycles. The van der Waals surface area contributed by atoms with Gasteiger partial charge in [0.05, 0.1) is 13.2 Å². The van der Waals surface area contributed by atoms with Crippen LogP contribution < -0.4 is 4.72 Å². The fourth-order valence-corrected chi connectivity index (χ4v) is 3.79. The molecule has 0 radical (unpaired) electrons. The number of ether oxygens (including phenoxy) is 2. The number of hydrogen-bond acceptors (Lipinski definition) is 5. The van der Waals surface area contributed by atoms with Gasteiger partial charge in [-0.15, -0.1) is 0 Å². The van der Waals surface area contributed by atoms with Crippen molar-refractivity contribution in [3.05, 3.63) is 35.4 Å².